The number of rotatable bonds is 6. The van der Waals surface area contributed by atoms with E-state index in [0.29, 0.717) is 37.0 Å². The van der Waals surface area contributed by atoms with Crippen molar-refractivity contribution in [3.05, 3.63) is 34.9 Å². The number of alkyl halides is 7. The van der Waals surface area contributed by atoms with Crippen molar-refractivity contribution in [3.63, 3.8) is 0 Å². The van der Waals surface area contributed by atoms with Gasteiger partial charge in [-0.15, -0.1) is 0 Å². The van der Waals surface area contributed by atoms with E-state index in [1.54, 1.807) is 6.92 Å². The first-order valence-electron chi connectivity index (χ1n) is 10.7. The van der Waals surface area contributed by atoms with Gasteiger partial charge >= 0.3 is 18.0 Å². The van der Waals surface area contributed by atoms with Gasteiger partial charge in [-0.05, 0) is 55.6 Å². The molecule has 0 heterocycles. The van der Waals surface area contributed by atoms with Gasteiger partial charge in [0.1, 0.15) is 0 Å². The summed E-state index contributed by atoms with van der Waals surface area (Å²) in [6.45, 7) is 1.57. The largest absolute Gasteiger partial charge is 0.435 e. The number of fused-ring (bicyclic) bond motifs is 3. The molecule has 3 rings (SSSR count). The van der Waals surface area contributed by atoms with Crippen molar-refractivity contribution in [1.29, 1.82) is 0 Å². The molecule has 2 aliphatic carbocycles. The van der Waals surface area contributed by atoms with E-state index in [1.165, 1.54) is 4.90 Å². The molecule has 0 bridgehead atoms. The molecule has 5 nitrogen and oxygen atoms in total. The van der Waals surface area contributed by atoms with Crippen molar-refractivity contribution in [3.8, 4) is 0 Å². The van der Waals surface area contributed by atoms with Gasteiger partial charge in [0, 0.05) is 18.0 Å². The first kappa shape index (κ1) is 26.0. The molecule has 2 unspecified atom stereocenters. The van der Waals surface area contributed by atoms with Crippen LogP contribution in [0.5, 0.6) is 0 Å². The Morgan fingerprint density at radius 3 is 2.26 bits per heavy atom. The average Bonchev–Trinajstić information content (AvgIpc) is 3.19. The van der Waals surface area contributed by atoms with Crippen LogP contribution in [0.15, 0.2) is 18.2 Å². The minimum atomic E-state index is -6.18. The molecule has 1 fully saturated rings. The summed E-state index contributed by atoms with van der Waals surface area (Å²) in [5.74, 6) is -1.92. The number of nitrogens with zero attached hydrogens (tertiary/aromatic N) is 1. The summed E-state index contributed by atoms with van der Waals surface area (Å²) in [5.41, 5.74) is -6.26. The summed E-state index contributed by atoms with van der Waals surface area (Å²) in [4.78, 5) is 36.5. The maximum Gasteiger partial charge on any atom is 0.435 e. The second kappa shape index (κ2) is 9.18. The van der Waals surface area contributed by atoms with Gasteiger partial charge < -0.3 is 4.90 Å². The van der Waals surface area contributed by atoms with Crippen molar-refractivity contribution in [1.82, 2.24) is 10.2 Å². The molecule has 3 amide bonds. The summed E-state index contributed by atoms with van der Waals surface area (Å²) in [6, 6.07) is 2.28. The van der Waals surface area contributed by atoms with Crippen LogP contribution in [-0.4, -0.2) is 48.6 Å². The predicted octanol–water partition coefficient (Wildman–Crippen LogP) is 4.15. The molecular formula is C22H23F7N2O3. The lowest BCUT2D eigenvalue weighted by Crippen LogP contribution is -2.50. The van der Waals surface area contributed by atoms with Crippen LogP contribution in [0, 0.1) is 11.8 Å². The molecule has 12 heteroatoms. The zero-order valence-corrected chi connectivity index (χ0v) is 18.1. The van der Waals surface area contributed by atoms with Gasteiger partial charge in [-0.2, -0.15) is 26.3 Å². The van der Waals surface area contributed by atoms with Crippen LogP contribution in [0.3, 0.4) is 0 Å². The first-order valence-corrected chi connectivity index (χ1v) is 10.7. The summed E-state index contributed by atoms with van der Waals surface area (Å²) >= 11 is 0. The maximum absolute atomic E-state index is 14.5. The Morgan fingerprint density at radius 2 is 1.71 bits per heavy atom. The van der Waals surface area contributed by atoms with Gasteiger partial charge in [0.15, 0.2) is 0 Å². The number of nitrogens with one attached hydrogen (secondary N) is 1. The van der Waals surface area contributed by atoms with E-state index >= 15 is 0 Å². The van der Waals surface area contributed by atoms with Crippen molar-refractivity contribution >= 4 is 18.2 Å². The lowest BCUT2D eigenvalue weighted by molar-refractivity contribution is -0.348. The number of hydrogen-bond donors (Lipinski definition) is 1. The van der Waals surface area contributed by atoms with E-state index in [0.717, 1.165) is 6.07 Å². The summed E-state index contributed by atoms with van der Waals surface area (Å²) in [6.07, 6.45) is -10.8. The van der Waals surface area contributed by atoms with Crippen LogP contribution in [0.4, 0.5) is 30.7 Å². The van der Waals surface area contributed by atoms with Gasteiger partial charge in [-0.1, -0.05) is 18.2 Å². The second-order valence-corrected chi connectivity index (χ2v) is 8.60. The van der Waals surface area contributed by atoms with E-state index in [2.05, 4.69) is 0 Å². The molecule has 34 heavy (non-hydrogen) atoms. The Balaban J connectivity index is 1.86. The lowest BCUT2D eigenvalue weighted by Gasteiger charge is -2.35. The van der Waals surface area contributed by atoms with Crippen molar-refractivity contribution in [2.24, 2.45) is 11.8 Å². The third-order valence-corrected chi connectivity index (χ3v) is 6.86. The highest BCUT2D eigenvalue weighted by molar-refractivity contribution is 5.91. The molecule has 1 aromatic rings. The number of carbonyl (C=O) groups is 3. The highest BCUT2D eigenvalue weighted by Gasteiger charge is 2.73. The average molecular weight is 496 g/mol. The third kappa shape index (κ3) is 4.38. The molecular weight excluding hydrogens is 473 g/mol. The Bertz CT molecular complexity index is 947. The minimum absolute atomic E-state index is 0.0949. The number of amides is 3. The molecule has 1 saturated carbocycles. The Hall–Kier alpha value is -2.66. The fourth-order valence-corrected chi connectivity index (χ4v) is 5.24. The number of imide groups is 1. The van der Waals surface area contributed by atoms with Gasteiger partial charge in [0.05, 0.1) is 6.54 Å². The first-order chi connectivity index (χ1) is 15.8. The van der Waals surface area contributed by atoms with Crippen LogP contribution in [0.2, 0.25) is 0 Å². The van der Waals surface area contributed by atoms with E-state index < -0.39 is 35.4 Å². The Labute approximate surface area is 190 Å². The van der Waals surface area contributed by atoms with Crippen molar-refractivity contribution in [2.45, 2.75) is 56.5 Å². The zero-order chi connectivity index (χ0) is 25.5. The fraction of sp³-hybridized carbons (Fsp3) is 0.591. The normalized spacial score (nSPS) is 22.5. The topological polar surface area (TPSA) is 66.5 Å². The number of hydrogen-bond acceptors (Lipinski definition) is 3. The molecule has 0 spiro atoms. The zero-order valence-electron chi connectivity index (χ0n) is 18.1. The van der Waals surface area contributed by atoms with Crippen LogP contribution >= 0.6 is 0 Å². The van der Waals surface area contributed by atoms with Gasteiger partial charge in [-0.25, -0.2) is 4.39 Å². The van der Waals surface area contributed by atoms with Crippen LogP contribution in [0.1, 0.15) is 48.8 Å². The van der Waals surface area contributed by atoms with E-state index in [4.69, 9.17) is 0 Å². The molecule has 0 aliphatic heterocycles. The maximum atomic E-state index is 14.5. The smallest absolute Gasteiger partial charge is 0.333 e. The highest BCUT2D eigenvalue weighted by Crippen LogP contribution is 2.55. The van der Waals surface area contributed by atoms with Crippen molar-refractivity contribution in [2.75, 3.05) is 13.1 Å². The molecule has 1 N–H and O–H groups in total. The van der Waals surface area contributed by atoms with E-state index in [1.807, 2.05) is 5.32 Å². The minimum Gasteiger partial charge on any atom is -0.333 e. The molecule has 3 atom stereocenters. The monoisotopic (exact) mass is 496 g/mol. The number of benzene rings is 1. The third-order valence-electron chi connectivity index (χ3n) is 6.86. The number of likely N-dealkylation sites (N-methyl/N-ethyl adjacent to an activating group) is 1. The van der Waals surface area contributed by atoms with Crippen LogP contribution in [0.25, 0.3) is 0 Å². The van der Waals surface area contributed by atoms with Crippen LogP contribution in [-0.2, 0) is 26.5 Å². The predicted molar refractivity (Wildman–Crippen MR) is 105 cm³/mol. The molecule has 2 aliphatic rings. The Kier molecular flexibility index (Phi) is 7.01. The quantitative estimate of drug-likeness (QED) is 0.476. The number of carbonyl (C=O) groups excluding carboxylic acids is 3. The summed E-state index contributed by atoms with van der Waals surface area (Å²) < 4.78 is 93.3. The number of halogens is 7. The van der Waals surface area contributed by atoms with E-state index in [-0.39, 0.29) is 49.2 Å². The summed E-state index contributed by atoms with van der Waals surface area (Å²) in [7, 11) is 0. The molecule has 0 saturated heterocycles. The fourth-order valence-electron chi connectivity index (χ4n) is 5.24. The lowest BCUT2D eigenvalue weighted by atomic mass is 9.73. The van der Waals surface area contributed by atoms with Crippen molar-refractivity contribution < 1.29 is 45.1 Å². The van der Waals surface area contributed by atoms with Gasteiger partial charge in [0.2, 0.25) is 18.2 Å². The highest BCUT2D eigenvalue weighted by atomic mass is 19.4. The van der Waals surface area contributed by atoms with E-state index in [9.17, 15) is 45.1 Å². The van der Waals surface area contributed by atoms with Gasteiger partial charge in [0.25, 0.3) is 0 Å². The number of aryl methyl sites for hydroxylation is 1. The standard InChI is InChI=1S/C22H23F7N2O3/c1-2-31(10-18(33)30-11-32)19(34)17-8-7-15-14-6-4-13(9-12(14)3-5-16(15)17)20(23,21(24,25)26)22(27,28)29/h4,6,9,11,15-17H,2-3,5,7-8,10H2,1H3,(H,30,32,33)/t15?,16?,17-/m1/s1. The second-order valence-electron chi connectivity index (χ2n) is 8.60. The SMILES string of the molecule is CCN(CC(=O)NC=O)C(=O)[C@@H]1CCC2c3ccc(C(F)(C(F)(F)F)C(F)(F)F)cc3CCC21. The molecule has 1 aromatic carbocycles. The summed E-state index contributed by atoms with van der Waals surface area (Å²) in [5, 5.41) is 1.96. The molecule has 0 radical (unpaired) electrons. The molecule has 0 aromatic heterocycles. The van der Waals surface area contributed by atoms with Gasteiger partial charge in [-0.3, -0.25) is 19.7 Å². The van der Waals surface area contributed by atoms with Crippen LogP contribution < -0.4 is 5.32 Å². The Morgan fingerprint density at radius 1 is 1.06 bits per heavy atom. The molecule has 188 valence electrons.